The van der Waals surface area contributed by atoms with Crippen LogP contribution in [0.4, 0.5) is 0 Å². The Hall–Kier alpha value is -2.47. The van der Waals surface area contributed by atoms with Crippen molar-refractivity contribution in [3.8, 4) is 0 Å². The van der Waals surface area contributed by atoms with Crippen LogP contribution in [0.5, 0.6) is 0 Å². The van der Waals surface area contributed by atoms with Gasteiger partial charge < -0.3 is 9.75 Å². The zero-order chi connectivity index (χ0) is 16.0. The highest BCUT2D eigenvalue weighted by atomic mass is 16.5. The minimum absolute atomic E-state index is 0.0645. The topological polar surface area (TPSA) is 60.2 Å². The summed E-state index contributed by atoms with van der Waals surface area (Å²) in [5.41, 5.74) is 2.65. The lowest BCUT2D eigenvalue weighted by Gasteiger charge is -2.31. The molecular weight excluding hydrogens is 292 g/mol. The fourth-order valence-corrected chi connectivity index (χ4v) is 3.13. The third-order valence-electron chi connectivity index (χ3n) is 4.27. The number of pyridine rings is 1. The molecular formula is C17H18N4O2. The van der Waals surface area contributed by atoms with Gasteiger partial charge in [0, 0.05) is 11.6 Å². The fraction of sp³-hybridized carbons (Fsp3) is 0.353. The quantitative estimate of drug-likeness (QED) is 0.638. The Morgan fingerprint density at radius 2 is 1.91 bits per heavy atom. The standard InChI is InChI=1S/C17H18N4O2/c1-11-3-4-15-13(9-11)16-14(10-18-15)17(22)21(12(2)19-16)20-5-7-23-8-6-20/h3-4,9-10H,5-8H2,1-2H3. The molecule has 1 aromatic carbocycles. The summed E-state index contributed by atoms with van der Waals surface area (Å²) in [7, 11) is 0. The Bertz CT molecular complexity index is 958. The smallest absolute Gasteiger partial charge is 0.281 e. The number of benzene rings is 1. The van der Waals surface area contributed by atoms with Crippen molar-refractivity contribution < 1.29 is 4.74 Å². The first kappa shape index (κ1) is 14.1. The number of hydrogen-bond donors (Lipinski definition) is 0. The zero-order valence-corrected chi connectivity index (χ0v) is 13.2. The van der Waals surface area contributed by atoms with E-state index in [1.807, 2.05) is 37.1 Å². The predicted molar refractivity (Wildman–Crippen MR) is 89.5 cm³/mol. The Balaban J connectivity index is 2.01. The molecule has 1 saturated heterocycles. The second-order valence-corrected chi connectivity index (χ2v) is 5.88. The molecule has 0 saturated carbocycles. The third-order valence-corrected chi connectivity index (χ3v) is 4.27. The summed E-state index contributed by atoms with van der Waals surface area (Å²) in [6.07, 6.45) is 1.64. The summed E-state index contributed by atoms with van der Waals surface area (Å²) in [5, 5.41) is 3.48. The monoisotopic (exact) mass is 310 g/mol. The van der Waals surface area contributed by atoms with E-state index in [9.17, 15) is 4.79 Å². The van der Waals surface area contributed by atoms with Crippen LogP contribution in [0.25, 0.3) is 21.8 Å². The van der Waals surface area contributed by atoms with Crippen molar-refractivity contribution in [2.75, 3.05) is 31.3 Å². The maximum absolute atomic E-state index is 13.0. The number of aryl methyl sites for hydroxylation is 2. The van der Waals surface area contributed by atoms with Crippen molar-refractivity contribution in [3.05, 3.63) is 46.1 Å². The summed E-state index contributed by atoms with van der Waals surface area (Å²) in [4.78, 5) is 22.1. The van der Waals surface area contributed by atoms with Crippen LogP contribution in [0.15, 0.2) is 29.2 Å². The van der Waals surface area contributed by atoms with Crippen molar-refractivity contribution in [2.45, 2.75) is 13.8 Å². The summed E-state index contributed by atoms with van der Waals surface area (Å²) in [5.74, 6) is 0.693. The van der Waals surface area contributed by atoms with Gasteiger partial charge in [-0.15, -0.1) is 0 Å². The molecule has 0 radical (unpaired) electrons. The van der Waals surface area contributed by atoms with Crippen LogP contribution >= 0.6 is 0 Å². The molecule has 0 aliphatic carbocycles. The molecule has 1 aliphatic rings. The molecule has 23 heavy (non-hydrogen) atoms. The molecule has 3 heterocycles. The Kier molecular flexibility index (Phi) is 3.27. The number of ether oxygens (including phenoxy) is 1. The molecule has 4 rings (SSSR count). The van der Waals surface area contributed by atoms with Crippen LogP contribution in [-0.4, -0.2) is 40.9 Å². The fourth-order valence-electron chi connectivity index (χ4n) is 3.13. The van der Waals surface area contributed by atoms with Crippen molar-refractivity contribution in [1.82, 2.24) is 14.6 Å². The molecule has 6 heteroatoms. The van der Waals surface area contributed by atoms with Crippen LogP contribution in [0, 0.1) is 13.8 Å². The maximum atomic E-state index is 13.0. The highest BCUT2D eigenvalue weighted by Gasteiger charge is 2.18. The number of hydrogen-bond acceptors (Lipinski definition) is 5. The van der Waals surface area contributed by atoms with E-state index in [1.54, 1.807) is 10.9 Å². The molecule has 0 spiro atoms. The molecule has 0 N–H and O–H groups in total. The van der Waals surface area contributed by atoms with Gasteiger partial charge in [0.2, 0.25) is 0 Å². The molecule has 0 bridgehead atoms. The van der Waals surface area contributed by atoms with E-state index in [1.165, 1.54) is 0 Å². The van der Waals surface area contributed by atoms with Gasteiger partial charge in [-0.05, 0) is 26.0 Å². The molecule has 0 amide bonds. The van der Waals surface area contributed by atoms with E-state index < -0.39 is 0 Å². The van der Waals surface area contributed by atoms with Gasteiger partial charge in [0.1, 0.15) is 5.82 Å². The number of rotatable bonds is 1. The lowest BCUT2D eigenvalue weighted by atomic mass is 10.1. The number of morpholine rings is 1. The van der Waals surface area contributed by atoms with Crippen molar-refractivity contribution >= 4 is 21.8 Å². The highest BCUT2D eigenvalue weighted by molar-refractivity contribution is 6.02. The molecule has 0 atom stereocenters. The Labute approximate surface area is 133 Å². The largest absolute Gasteiger partial charge is 0.378 e. The minimum Gasteiger partial charge on any atom is -0.378 e. The van der Waals surface area contributed by atoms with Gasteiger partial charge in [0.15, 0.2) is 0 Å². The van der Waals surface area contributed by atoms with Gasteiger partial charge in [-0.25, -0.2) is 9.66 Å². The van der Waals surface area contributed by atoms with Gasteiger partial charge in [0.05, 0.1) is 42.7 Å². The first-order valence-electron chi connectivity index (χ1n) is 7.77. The van der Waals surface area contributed by atoms with Crippen molar-refractivity contribution in [2.24, 2.45) is 0 Å². The van der Waals surface area contributed by atoms with Crippen LogP contribution in [-0.2, 0) is 4.74 Å². The second-order valence-electron chi connectivity index (χ2n) is 5.88. The van der Waals surface area contributed by atoms with Crippen molar-refractivity contribution in [3.63, 3.8) is 0 Å². The minimum atomic E-state index is -0.0645. The molecule has 1 fully saturated rings. The molecule has 3 aromatic rings. The van der Waals surface area contributed by atoms with Gasteiger partial charge in [-0.1, -0.05) is 11.6 Å². The molecule has 0 unspecified atom stereocenters. The van der Waals surface area contributed by atoms with E-state index in [4.69, 9.17) is 9.72 Å². The van der Waals surface area contributed by atoms with Crippen LogP contribution in [0.3, 0.4) is 0 Å². The van der Waals surface area contributed by atoms with E-state index in [-0.39, 0.29) is 5.56 Å². The molecule has 1 aliphatic heterocycles. The summed E-state index contributed by atoms with van der Waals surface area (Å²) >= 11 is 0. The predicted octanol–water partition coefficient (Wildman–Crippen LogP) is 1.53. The van der Waals surface area contributed by atoms with Gasteiger partial charge in [0.25, 0.3) is 5.56 Å². The van der Waals surface area contributed by atoms with Gasteiger partial charge in [-0.3, -0.25) is 9.78 Å². The first-order valence-corrected chi connectivity index (χ1v) is 7.77. The van der Waals surface area contributed by atoms with E-state index in [2.05, 4.69) is 4.98 Å². The SMILES string of the molecule is Cc1ccc2ncc3c(=O)n(N4CCOCC4)c(C)nc3c2c1. The molecule has 6 nitrogen and oxygen atoms in total. The molecule has 2 aromatic heterocycles. The molecule has 118 valence electrons. The zero-order valence-electron chi connectivity index (χ0n) is 13.2. The number of nitrogens with zero attached hydrogens (tertiary/aromatic N) is 4. The third kappa shape index (κ3) is 2.26. The normalized spacial score (nSPS) is 15.5. The Morgan fingerprint density at radius 1 is 1.13 bits per heavy atom. The number of fused-ring (bicyclic) bond motifs is 3. The second kappa shape index (κ2) is 5.31. The van der Waals surface area contributed by atoms with Crippen LogP contribution < -0.4 is 10.6 Å². The number of aromatic nitrogens is 3. The average molecular weight is 310 g/mol. The highest BCUT2D eigenvalue weighted by Crippen LogP contribution is 2.21. The van der Waals surface area contributed by atoms with Crippen LogP contribution in [0.2, 0.25) is 0 Å². The van der Waals surface area contributed by atoms with Gasteiger partial charge in [-0.2, -0.15) is 0 Å². The van der Waals surface area contributed by atoms with Gasteiger partial charge >= 0.3 is 0 Å². The van der Waals surface area contributed by atoms with E-state index in [0.717, 1.165) is 22.0 Å². The summed E-state index contributed by atoms with van der Waals surface area (Å²) in [6, 6.07) is 6.02. The van der Waals surface area contributed by atoms with Crippen molar-refractivity contribution in [1.29, 1.82) is 0 Å². The van der Waals surface area contributed by atoms with Crippen LogP contribution in [0.1, 0.15) is 11.4 Å². The van der Waals surface area contributed by atoms with E-state index in [0.29, 0.717) is 37.5 Å². The Morgan fingerprint density at radius 3 is 2.70 bits per heavy atom. The maximum Gasteiger partial charge on any atom is 0.281 e. The average Bonchev–Trinajstić information content (AvgIpc) is 2.56. The van der Waals surface area contributed by atoms with E-state index >= 15 is 0 Å². The lowest BCUT2D eigenvalue weighted by Crippen LogP contribution is -2.50. The summed E-state index contributed by atoms with van der Waals surface area (Å²) in [6.45, 7) is 6.53. The first-order chi connectivity index (χ1) is 11.1. The lowest BCUT2D eigenvalue weighted by molar-refractivity contribution is 0.110. The summed E-state index contributed by atoms with van der Waals surface area (Å²) < 4.78 is 7.03.